The molecule has 20 heavy (non-hydrogen) atoms. The smallest absolute Gasteiger partial charge is 0.247 e. The quantitative estimate of drug-likeness (QED) is 0.816. The zero-order valence-corrected chi connectivity index (χ0v) is 11.4. The van der Waals surface area contributed by atoms with Crippen molar-refractivity contribution in [2.75, 3.05) is 5.01 Å². The molecule has 0 fully saturated rings. The van der Waals surface area contributed by atoms with Crippen LogP contribution < -0.4 is 5.01 Å². The monoisotopic (exact) mass is 264 g/mol. The Hall–Kier alpha value is -2.42. The van der Waals surface area contributed by atoms with E-state index in [4.69, 9.17) is 0 Å². The van der Waals surface area contributed by atoms with Crippen molar-refractivity contribution in [2.45, 2.75) is 19.8 Å². The van der Waals surface area contributed by atoms with Gasteiger partial charge in [-0.2, -0.15) is 5.10 Å². The van der Waals surface area contributed by atoms with Crippen LogP contribution in [-0.2, 0) is 4.79 Å². The standard InChI is InChI=1S/C17H16N2O/c1-13-7-5-6-10-15(13)16-11-12-17(20)19(18-16)14-8-3-2-4-9-14/h2-10H,11-12H2,1H3. The second-order valence-corrected chi connectivity index (χ2v) is 4.90. The van der Waals surface area contributed by atoms with E-state index in [0.29, 0.717) is 12.8 Å². The third-order valence-corrected chi connectivity index (χ3v) is 3.49. The van der Waals surface area contributed by atoms with E-state index in [1.54, 1.807) is 0 Å². The van der Waals surface area contributed by atoms with Crippen molar-refractivity contribution >= 4 is 17.3 Å². The Morgan fingerprint density at radius 1 is 0.950 bits per heavy atom. The molecule has 0 unspecified atom stereocenters. The summed E-state index contributed by atoms with van der Waals surface area (Å²) in [7, 11) is 0. The van der Waals surface area contributed by atoms with Crippen molar-refractivity contribution in [2.24, 2.45) is 5.10 Å². The molecule has 100 valence electrons. The summed E-state index contributed by atoms with van der Waals surface area (Å²) in [6.45, 7) is 2.07. The van der Waals surface area contributed by atoms with Crippen LogP contribution in [0, 0.1) is 6.92 Å². The lowest BCUT2D eigenvalue weighted by Gasteiger charge is -2.24. The van der Waals surface area contributed by atoms with Crippen molar-refractivity contribution < 1.29 is 4.79 Å². The molecule has 0 aromatic heterocycles. The average Bonchev–Trinajstić information content (AvgIpc) is 2.49. The van der Waals surface area contributed by atoms with E-state index < -0.39 is 0 Å². The van der Waals surface area contributed by atoms with Crippen LogP contribution in [0.25, 0.3) is 0 Å². The van der Waals surface area contributed by atoms with Gasteiger partial charge in [-0.1, -0.05) is 42.5 Å². The number of para-hydroxylation sites is 1. The molecular weight excluding hydrogens is 248 g/mol. The number of hydrazone groups is 1. The summed E-state index contributed by atoms with van der Waals surface area (Å²) in [5, 5.41) is 6.08. The van der Waals surface area contributed by atoms with Gasteiger partial charge < -0.3 is 0 Å². The Kier molecular flexibility index (Phi) is 3.33. The molecule has 1 aliphatic rings. The molecule has 3 rings (SSSR count). The minimum atomic E-state index is 0.0496. The van der Waals surface area contributed by atoms with Gasteiger partial charge in [0.15, 0.2) is 0 Å². The van der Waals surface area contributed by atoms with E-state index in [1.165, 1.54) is 10.6 Å². The largest absolute Gasteiger partial charge is 0.273 e. The van der Waals surface area contributed by atoms with Crippen LogP contribution in [0.4, 0.5) is 5.69 Å². The van der Waals surface area contributed by atoms with E-state index in [0.717, 1.165) is 17.0 Å². The summed E-state index contributed by atoms with van der Waals surface area (Å²) in [6.07, 6.45) is 1.20. The number of carbonyl (C=O) groups excluding carboxylic acids is 1. The number of rotatable bonds is 2. The zero-order chi connectivity index (χ0) is 13.9. The molecule has 2 aromatic carbocycles. The Balaban J connectivity index is 2.02. The topological polar surface area (TPSA) is 32.7 Å². The van der Waals surface area contributed by atoms with E-state index in [2.05, 4.69) is 24.2 Å². The van der Waals surface area contributed by atoms with Gasteiger partial charge in [0.25, 0.3) is 0 Å². The first-order chi connectivity index (χ1) is 9.75. The van der Waals surface area contributed by atoms with Gasteiger partial charge in [0.2, 0.25) is 5.91 Å². The minimum absolute atomic E-state index is 0.0496. The highest BCUT2D eigenvalue weighted by Gasteiger charge is 2.22. The summed E-state index contributed by atoms with van der Waals surface area (Å²) < 4.78 is 0. The molecule has 1 heterocycles. The van der Waals surface area contributed by atoms with Gasteiger partial charge in [-0.15, -0.1) is 0 Å². The molecule has 2 aromatic rings. The molecule has 0 saturated carbocycles. The van der Waals surface area contributed by atoms with Gasteiger partial charge in [0.05, 0.1) is 11.4 Å². The van der Waals surface area contributed by atoms with Crippen molar-refractivity contribution in [1.82, 2.24) is 0 Å². The molecule has 3 nitrogen and oxygen atoms in total. The maximum absolute atomic E-state index is 12.1. The predicted molar refractivity (Wildman–Crippen MR) is 80.9 cm³/mol. The first kappa shape index (κ1) is 12.6. The van der Waals surface area contributed by atoms with Crippen LogP contribution in [0.1, 0.15) is 24.0 Å². The Bertz CT molecular complexity index is 662. The van der Waals surface area contributed by atoms with Crippen LogP contribution >= 0.6 is 0 Å². The van der Waals surface area contributed by atoms with Gasteiger partial charge in [-0.3, -0.25) is 4.79 Å². The average molecular weight is 264 g/mol. The number of carbonyl (C=O) groups is 1. The SMILES string of the molecule is Cc1ccccc1C1=NN(c2ccccc2)C(=O)CC1. The van der Waals surface area contributed by atoms with Crippen molar-refractivity contribution in [3.05, 3.63) is 65.7 Å². The van der Waals surface area contributed by atoms with Crippen LogP contribution in [0.5, 0.6) is 0 Å². The molecule has 0 saturated heterocycles. The number of hydrogen-bond donors (Lipinski definition) is 0. The fraction of sp³-hybridized carbons (Fsp3) is 0.176. The second-order valence-electron chi connectivity index (χ2n) is 4.90. The van der Waals surface area contributed by atoms with Crippen molar-refractivity contribution in [3.63, 3.8) is 0 Å². The highest BCUT2D eigenvalue weighted by molar-refractivity contribution is 6.09. The predicted octanol–water partition coefficient (Wildman–Crippen LogP) is 3.53. The molecule has 0 aliphatic carbocycles. The van der Waals surface area contributed by atoms with Gasteiger partial charge in [-0.25, -0.2) is 5.01 Å². The van der Waals surface area contributed by atoms with Gasteiger partial charge in [0, 0.05) is 18.4 Å². The van der Waals surface area contributed by atoms with Crippen molar-refractivity contribution in [1.29, 1.82) is 0 Å². The van der Waals surface area contributed by atoms with E-state index in [1.807, 2.05) is 42.5 Å². The van der Waals surface area contributed by atoms with E-state index in [-0.39, 0.29) is 5.91 Å². The fourth-order valence-electron chi connectivity index (χ4n) is 2.41. The number of benzene rings is 2. The fourth-order valence-corrected chi connectivity index (χ4v) is 2.41. The lowest BCUT2D eigenvalue weighted by atomic mass is 9.99. The Morgan fingerprint density at radius 3 is 2.40 bits per heavy atom. The third kappa shape index (κ3) is 2.35. The maximum atomic E-state index is 12.1. The molecule has 1 aliphatic heterocycles. The molecule has 1 amide bonds. The maximum Gasteiger partial charge on any atom is 0.247 e. The molecule has 0 radical (unpaired) electrons. The summed E-state index contributed by atoms with van der Waals surface area (Å²) in [5.41, 5.74) is 4.12. The first-order valence-corrected chi connectivity index (χ1v) is 6.77. The number of amides is 1. The van der Waals surface area contributed by atoms with Gasteiger partial charge >= 0.3 is 0 Å². The summed E-state index contributed by atoms with van der Waals surface area (Å²) in [5.74, 6) is 0.0496. The molecule has 0 atom stereocenters. The lowest BCUT2D eigenvalue weighted by molar-refractivity contribution is -0.118. The highest BCUT2D eigenvalue weighted by atomic mass is 16.2. The molecule has 0 spiro atoms. The third-order valence-electron chi connectivity index (χ3n) is 3.49. The number of hydrogen-bond acceptors (Lipinski definition) is 2. The zero-order valence-electron chi connectivity index (χ0n) is 11.4. The normalized spacial score (nSPS) is 15.2. The minimum Gasteiger partial charge on any atom is -0.273 e. The van der Waals surface area contributed by atoms with Crippen LogP contribution in [0.3, 0.4) is 0 Å². The van der Waals surface area contributed by atoms with E-state index >= 15 is 0 Å². The van der Waals surface area contributed by atoms with Crippen molar-refractivity contribution in [3.8, 4) is 0 Å². The Morgan fingerprint density at radius 2 is 1.65 bits per heavy atom. The first-order valence-electron chi connectivity index (χ1n) is 6.77. The van der Waals surface area contributed by atoms with Gasteiger partial charge in [0.1, 0.15) is 0 Å². The number of aryl methyl sites for hydroxylation is 1. The van der Waals surface area contributed by atoms with E-state index in [9.17, 15) is 4.79 Å². The molecular formula is C17H16N2O. The summed E-state index contributed by atoms with van der Waals surface area (Å²) in [4.78, 5) is 12.1. The Labute approximate surface area is 118 Å². The molecule has 3 heteroatoms. The van der Waals surface area contributed by atoms with Crippen LogP contribution in [0.2, 0.25) is 0 Å². The summed E-state index contributed by atoms with van der Waals surface area (Å²) in [6, 6.07) is 17.7. The molecule has 0 N–H and O–H groups in total. The lowest BCUT2D eigenvalue weighted by Crippen LogP contribution is -2.32. The highest BCUT2D eigenvalue weighted by Crippen LogP contribution is 2.23. The van der Waals surface area contributed by atoms with Gasteiger partial charge in [-0.05, 0) is 24.6 Å². The number of anilines is 1. The van der Waals surface area contributed by atoms with Crippen LogP contribution in [0.15, 0.2) is 59.7 Å². The number of nitrogens with zero attached hydrogens (tertiary/aromatic N) is 2. The molecule has 0 bridgehead atoms. The summed E-state index contributed by atoms with van der Waals surface area (Å²) >= 11 is 0. The second kappa shape index (κ2) is 5.29. The van der Waals surface area contributed by atoms with Crippen LogP contribution in [-0.4, -0.2) is 11.6 Å².